The number of anilines is 1. The number of hydrogen-bond acceptors (Lipinski definition) is 2. The van der Waals surface area contributed by atoms with Crippen molar-refractivity contribution in [3.63, 3.8) is 0 Å². The van der Waals surface area contributed by atoms with Crippen LogP contribution in [0.1, 0.15) is 21.5 Å². The molecular formula is C16H14F2N2O. The van der Waals surface area contributed by atoms with E-state index in [-0.39, 0.29) is 11.6 Å². The molecule has 0 saturated carbocycles. The van der Waals surface area contributed by atoms with Crippen LogP contribution in [0, 0.1) is 11.6 Å². The zero-order valence-corrected chi connectivity index (χ0v) is 11.2. The van der Waals surface area contributed by atoms with Gasteiger partial charge in [-0.1, -0.05) is 12.1 Å². The summed E-state index contributed by atoms with van der Waals surface area (Å²) in [7, 11) is 0. The third-order valence-corrected chi connectivity index (χ3v) is 3.56. The predicted octanol–water partition coefficient (Wildman–Crippen LogP) is 2.86. The highest BCUT2D eigenvalue weighted by Crippen LogP contribution is 2.21. The number of amides is 1. The van der Waals surface area contributed by atoms with Gasteiger partial charge < -0.3 is 10.6 Å². The van der Waals surface area contributed by atoms with Crippen LogP contribution in [0.3, 0.4) is 0 Å². The van der Waals surface area contributed by atoms with Gasteiger partial charge in [0, 0.05) is 18.2 Å². The molecule has 2 aromatic carbocycles. The third-order valence-electron chi connectivity index (χ3n) is 3.56. The molecule has 1 aliphatic heterocycles. The van der Waals surface area contributed by atoms with Crippen molar-refractivity contribution in [2.75, 3.05) is 11.9 Å². The Balaban J connectivity index is 1.89. The van der Waals surface area contributed by atoms with E-state index in [1.54, 1.807) is 6.07 Å². The Kier molecular flexibility index (Phi) is 3.66. The smallest absolute Gasteiger partial charge is 0.256 e. The lowest BCUT2D eigenvalue weighted by Gasteiger charge is -2.20. The van der Waals surface area contributed by atoms with Crippen molar-refractivity contribution in [1.82, 2.24) is 5.32 Å². The van der Waals surface area contributed by atoms with Crippen molar-refractivity contribution < 1.29 is 13.6 Å². The highest BCUT2D eigenvalue weighted by atomic mass is 19.1. The number of halogens is 2. The fraction of sp³-hybridized carbons (Fsp3) is 0.188. The Morgan fingerprint density at radius 3 is 2.86 bits per heavy atom. The number of hydrogen-bond donors (Lipinski definition) is 2. The minimum absolute atomic E-state index is 0.0204. The minimum Gasteiger partial charge on any atom is -0.319 e. The van der Waals surface area contributed by atoms with Gasteiger partial charge in [-0.05, 0) is 42.3 Å². The number of benzene rings is 2. The highest BCUT2D eigenvalue weighted by molar-refractivity contribution is 6.05. The van der Waals surface area contributed by atoms with E-state index in [0.717, 1.165) is 42.8 Å². The second-order valence-corrected chi connectivity index (χ2v) is 4.95. The zero-order chi connectivity index (χ0) is 14.8. The topological polar surface area (TPSA) is 41.1 Å². The van der Waals surface area contributed by atoms with Crippen molar-refractivity contribution in [3.8, 4) is 0 Å². The first-order valence-electron chi connectivity index (χ1n) is 6.73. The van der Waals surface area contributed by atoms with Gasteiger partial charge in [-0.25, -0.2) is 8.78 Å². The van der Waals surface area contributed by atoms with E-state index < -0.39 is 11.6 Å². The summed E-state index contributed by atoms with van der Waals surface area (Å²) in [5, 5.41) is 5.74. The van der Waals surface area contributed by atoms with Gasteiger partial charge in [0.25, 0.3) is 5.91 Å². The lowest BCUT2D eigenvalue weighted by atomic mass is 9.95. The molecule has 5 heteroatoms. The fourth-order valence-corrected chi connectivity index (χ4v) is 2.53. The number of rotatable bonds is 2. The van der Waals surface area contributed by atoms with Gasteiger partial charge in [0.1, 0.15) is 11.6 Å². The minimum atomic E-state index is -0.783. The highest BCUT2D eigenvalue weighted by Gasteiger charge is 2.18. The van der Waals surface area contributed by atoms with Crippen LogP contribution >= 0.6 is 0 Å². The van der Waals surface area contributed by atoms with Crippen LogP contribution in [0.25, 0.3) is 0 Å². The van der Waals surface area contributed by atoms with E-state index in [4.69, 9.17) is 0 Å². The molecule has 3 nitrogen and oxygen atoms in total. The molecule has 1 aliphatic rings. The molecule has 0 atom stereocenters. The third kappa shape index (κ3) is 2.78. The van der Waals surface area contributed by atoms with E-state index in [0.29, 0.717) is 5.56 Å². The number of carbonyl (C=O) groups is 1. The Morgan fingerprint density at radius 2 is 2.05 bits per heavy atom. The Bertz CT molecular complexity index is 701. The molecule has 0 fully saturated rings. The lowest BCUT2D eigenvalue weighted by molar-refractivity contribution is 0.102. The molecule has 0 radical (unpaired) electrons. The van der Waals surface area contributed by atoms with E-state index in [1.165, 1.54) is 6.07 Å². The Hall–Kier alpha value is -2.27. The van der Waals surface area contributed by atoms with Gasteiger partial charge in [0.15, 0.2) is 0 Å². The summed E-state index contributed by atoms with van der Waals surface area (Å²) in [5.74, 6) is -1.83. The Labute approximate surface area is 121 Å². The van der Waals surface area contributed by atoms with Crippen molar-refractivity contribution in [3.05, 3.63) is 64.7 Å². The van der Waals surface area contributed by atoms with Crippen LogP contribution in [-0.2, 0) is 13.0 Å². The molecule has 0 unspecified atom stereocenters. The first kappa shape index (κ1) is 13.7. The van der Waals surface area contributed by atoms with Crippen LogP contribution in [0.5, 0.6) is 0 Å². The number of carbonyl (C=O) groups excluding carboxylic acids is 1. The fourth-order valence-electron chi connectivity index (χ4n) is 2.53. The molecule has 0 bridgehead atoms. The normalized spacial score (nSPS) is 13.6. The van der Waals surface area contributed by atoms with Crippen LogP contribution < -0.4 is 10.6 Å². The first-order chi connectivity index (χ1) is 10.1. The maximum absolute atomic E-state index is 13.6. The van der Waals surface area contributed by atoms with Gasteiger partial charge in [-0.15, -0.1) is 0 Å². The van der Waals surface area contributed by atoms with Crippen molar-refractivity contribution in [1.29, 1.82) is 0 Å². The zero-order valence-electron chi connectivity index (χ0n) is 11.2. The van der Waals surface area contributed by atoms with Gasteiger partial charge in [0.2, 0.25) is 0 Å². The molecule has 2 N–H and O–H groups in total. The molecule has 0 spiro atoms. The SMILES string of the molecule is O=C(Nc1ccc(F)cc1F)c1cccc2c1CCNC2. The van der Waals surface area contributed by atoms with E-state index in [2.05, 4.69) is 10.6 Å². The standard InChI is InChI=1S/C16H14F2N2O/c17-11-4-5-15(14(18)8-11)20-16(21)13-3-1-2-10-9-19-7-6-12(10)13/h1-5,8,19H,6-7,9H2,(H,20,21). The van der Waals surface area contributed by atoms with Gasteiger partial charge in [-0.3, -0.25) is 4.79 Å². The molecule has 1 heterocycles. The molecular weight excluding hydrogens is 274 g/mol. The molecule has 0 aromatic heterocycles. The molecule has 21 heavy (non-hydrogen) atoms. The quantitative estimate of drug-likeness (QED) is 0.892. The summed E-state index contributed by atoms with van der Waals surface area (Å²) < 4.78 is 26.5. The largest absolute Gasteiger partial charge is 0.319 e. The Morgan fingerprint density at radius 1 is 1.19 bits per heavy atom. The lowest BCUT2D eigenvalue weighted by Crippen LogP contribution is -2.26. The van der Waals surface area contributed by atoms with Gasteiger partial charge in [0.05, 0.1) is 5.69 Å². The van der Waals surface area contributed by atoms with Crippen LogP contribution in [0.15, 0.2) is 36.4 Å². The van der Waals surface area contributed by atoms with Crippen LogP contribution in [0.4, 0.5) is 14.5 Å². The summed E-state index contributed by atoms with van der Waals surface area (Å²) in [6, 6.07) is 8.59. The van der Waals surface area contributed by atoms with Crippen molar-refractivity contribution >= 4 is 11.6 Å². The number of nitrogens with one attached hydrogen (secondary N) is 2. The van der Waals surface area contributed by atoms with E-state index in [9.17, 15) is 13.6 Å². The summed E-state index contributed by atoms with van der Waals surface area (Å²) in [6.07, 6.45) is 0.755. The summed E-state index contributed by atoms with van der Waals surface area (Å²) in [6.45, 7) is 1.53. The first-order valence-corrected chi connectivity index (χ1v) is 6.73. The number of fused-ring (bicyclic) bond motifs is 1. The van der Waals surface area contributed by atoms with Gasteiger partial charge in [-0.2, -0.15) is 0 Å². The molecule has 108 valence electrons. The van der Waals surface area contributed by atoms with Gasteiger partial charge >= 0.3 is 0 Å². The second kappa shape index (κ2) is 5.61. The van der Waals surface area contributed by atoms with Crippen molar-refractivity contribution in [2.45, 2.75) is 13.0 Å². The van der Waals surface area contributed by atoms with Crippen LogP contribution in [-0.4, -0.2) is 12.5 Å². The van der Waals surface area contributed by atoms with E-state index in [1.807, 2.05) is 12.1 Å². The average Bonchev–Trinajstić information content (AvgIpc) is 2.49. The molecule has 2 aromatic rings. The van der Waals surface area contributed by atoms with Crippen LogP contribution in [0.2, 0.25) is 0 Å². The molecule has 3 rings (SSSR count). The summed E-state index contributed by atoms with van der Waals surface area (Å²) in [4.78, 5) is 12.3. The molecule has 0 aliphatic carbocycles. The predicted molar refractivity (Wildman–Crippen MR) is 76.2 cm³/mol. The summed E-state index contributed by atoms with van der Waals surface area (Å²) in [5.41, 5.74) is 2.58. The monoisotopic (exact) mass is 288 g/mol. The summed E-state index contributed by atoms with van der Waals surface area (Å²) >= 11 is 0. The van der Waals surface area contributed by atoms with Crippen molar-refractivity contribution in [2.24, 2.45) is 0 Å². The maximum atomic E-state index is 13.6. The second-order valence-electron chi connectivity index (χ2n) is 4.95. The molecule has 1 amide bonds. The van der Waals surface area contributed by atoms with E-state index >= 15 is 0 Å². The maximum Gasteiger partial charge on any atom is 0.256 e. The average molecular weight is 288 g/mol. The molecule has 0 saturated heterocycles.